The van der Waals surface area contributed by atoms with Crippen LogP contribution in [0, 0.1) is 6.92 Å². The van der Waals surface area contributed by atoms with Crippen LogP contribution >= 0.6 is 0 Å². The number of anilines is 1. The van der Waals surface area contributed by atoms with Crippen molar-refractivity contribution in [3.63, 3.8) is 0 Å². The van der Waals surface area contributed by atoms with E-state index in [1.807, 2.05) is 43.3 Å². The molecule has 0 fully saturated rings. The quantitative estimate of drug-likeness (QED) is 0.782. The van der Waals surface area contributed by atoms with Gasteiger partial charge in [0.05, 0.1) is 11.3 Å². The number of nitrogens with two attached hydrogens (primary N) is 1. The van der Waals surface area contributed by atoms with Crippen LogP contribution in [-0.4, -0.2) is 14.3 Å². The van der Waals surface area contributed by atoms with Crippen molar-refractivity contribution >= 4 is 5.82 Å². The fraction of sp³-hybridized carbons (Fsp3) is 0.125. The van der Waals surface area contributed by atoms with Crippen LogP contribution < -0.4 is 11.3 Å². The Kier molecular flexibility index (Phi) is 3.10. The zero-order chi connectivity index (χ0) is 15.0. The maximum atomic E-state index is 12.3. The minimum Gasteiger partial charge on any atom is -0.383 e. The Bertz CT molecular complexity index is 846. The highest BCUT2D eigenvalue weighted by atomic mass is 16.1. The highest BCUT2D eigenvalue weighted by molar-refractivity contribution is 5.68. The first-order valence-corrected chi connectivity index (χ1v) is 6.66. The first kappa shape index (κ1) is 13.2. The standard InChI is InChI=1S/C16H16N4O/c1-11-14(13-9-6-10-19(2)16(13)21)18-20(15(11)17)12-7-4-3-5-8-12/h3-10H,17H2,1-2H3. The summed E-state index contributed by atoms with van der Waals surface area (Å²) >= 11 is 0. The van der Waals surface area contributed by atoms with E-state index in [4.69, 9.17) is 5.73 Å². The number of hydrogen-bond acceptors (Lipinski definition) is 3. The van der Waals surface area contributed by atoms with Gasteiger partial charge in [0.15, 0.2) is 0 Å². The van der Waals surface area contributed by atoms with E-state index in [-0.39, 0.29) is 5.56 Å². The smallest absolute Gasteiger partial charge is 0.259 e. The second-order valence-electron chi connectivity index (χ2n) is 4.94. The molecule has 21 heavy (non-hydrogen) atoms. The number of pyridine rings is 1. The number of aryl methyl sites for hydroxylation is 1. The first-order valence-electron chi connectivity index (χ1n) is 6.66. The van der Waals surface area contributed by atoms with Gasteiger partial charge in [-0.3, -0.25) is 4.79 Å². The summed E-state index contributed by atoms with van der Waals surface area (Å²) in [5.74, 6) is 0.544. The van der Waals surface area contributed by atoms with Gasteiger partial charge in [-0.15, -0.1) is 0 Å². The van der Waals surface area contributed by atoms with Crippen molar-refractivity contribution in [2.45, 2.75) is 6.92 Å². The minimum atomic E-state index is -0.0849. The molecule has 3 rings (SSSR count). The predicted octanol–water partition coefficient (Wildman–Crippen LogP) is 2.13. The Morgan fingerprint density at radius 2 is 1.81 bits per heavy atom. The Hall–Kier alpha value is -2.82. The molecule has 0 aliphatic heterocycles. The molecule has 2 aromatic heterocycles. The van der Waals surface area contributed by atoms with Crippen molar-refractivity contribution in [1.82, 2.24) is 14.3 Å². The molecule has 0 aliphatic rings. The lowest BCUT2D eigenvalue weighted by Gasteiger charge is -2.03. The maximum absolute atomic E-state index is 12.3. The van der Waals surface area contributed by atoms with Crippen molar-refractivity contribution in [3.05, 3.63) is 64.6 Å². The molecule has 0 atom stereocenters. The summed E-state index contributed by atoms with van der Waals surface area (Å²) in [6, 6.07) is 13.2. The molecule has 0 unspecified atom stereocenters. The van der Waals surface area contributed by atoms with Gasteiger partial charge >= 0.3 is 0 Å². The predicted molar refractivity (Wildman–Crippen MR) is 83.4 cm³/mol. The molecule has 5 heteroatoms. The third-order valence-corrected chi connectivity index (χ3v) is 3.55. The number of nitrogen functional groups attached to an aromatic ring is 1. The molecule has 106 valence electrons. The van der Waals surface area contributed by atoms with E-state index in [2.05, 4.69) is 5.10 Å². The third-order valence-electron chi connectivity index (χ3n) is 3.55. The number of aromatic nitrogens is 3. The zero-order valence-corrected chi connectivity index (χ0v) is 11.9. The molecule has 5 nitrogen and oxygen atoms in total. The van der Waals surface area contributed by atoms with E-state index < -0.39 is 0 Å². The summed E-state index contributed by atoms with van der Waals surface area (Å²) in [5, 5.41) is 4.53. The van der Waals surface area contributed by atoms with Crippen LogP contribution in [0.5, 0.6) is 0 Å². The Labute approximate surface area is 122 Å². The second kappa shape index (κ2) is 4.94. The zero-order valence-electron chi connectivity index (χ0n) is 11.9. The van der Waals surface area contributed by atoms with Gasteiger partial charge in [-0.05, 0) is 31.2 Å². The fourth-order valence-electron chi connectivity index (χ4n) is 2.31. The van der Waals surface area contributed by atoms with Crippen molar-refractivity contribution < 1.29 is 0 Å². The van der Waals surface area contributed by atoms with E-state index in [1.165, 1.54) is 4.57 Å². The van der Waals surface area contributed by atoms with Crippen molar-refractivity contribution in [3.8, 4) is 16.9 Å². The van der Waals surface area contributed by atoms with Crippen LogP contribution in [0.3, 0.4) is 0 Å². The fourth-order valence-corrected chi connectivity index (χ4v) is 2.31. The molecule has 3 aromatic rings. The number of nitrogens with zero attached hydrogens (tertiary/aromatic N) is 3. The maximum Gasteiger partial charge on any atom is 0.259 e. The SMILES string of the molecule is Cc1c(-c2cccn(C)c2=O)nn(-c2ccccc2)c1N. The van der Waals surface area contributed by atoms with Crippen LogP contribution in [-0.2, 0) is 7.05 Å². The van der Waals surface area contributed by atoms with Crippen LogP contribution in [0.15, 0.2) is 53.5 Å². The second-order valence-corrected chi connectivity index (χ2v) is 4.94. The summed E-state index contributed by atoms with van der Waals surface area (Å²) in [6.07, 6.45) is 1.72. The molecule has 0 saturated carbocycles. The van der Waals surface area contributed by atoms with E-state index in [1.54, 1.807) is 24.0 Å². The molecule has 0 aliphatic carbocycles. The molecule has 2 N–H and O–H groups in total. The van der Waals surface area contributed by atoms with Crippen molar-refractivity contribution in [1.29, 1.82) is 0 Å². The van der Waals surface area contributed by atoms with E-state index in [0.717, 1.165) is 11.3 Å². The Morgan fingerprint density at radius 1 is 1.10 bits per heavy atom. The molecule has 0 spiro atoms. The van der Waals surface area contributed by atoms with Gasteiger partial charge in [0, 0.05) is 18.8 Å². The number of rotatable bonds is 2. The normalized spacial score (nSPS) is 10.8. The minimum absolute atomic E-state index is 0.0849. The highest BCUT2D eigenvalue weighted by Gasteiger charge is 2.17. The van der Waals surface area contributed by atoms with E-state index in [0.29, 0.717) is 17.1 Å². The van der Waals surface area contributed by atoms with Crippen LogP contribution in [0.25, 0.3) is 16.9 Å². The van der Waals surface area contributed by atoms with Crippen molar-refractivity contribution in [2.75, 3.05) is 5.73 Å². The van der Waals surface area contributed by atoms with Gasteiger partial charge in [-0.25, -0.2) is 4.68 Å². The molecule has 1 aromatic carbocycles. The third kappa shape index (κ3) is 2.12. The van der Waals surface area contributed by atoms with Gasteiger partial charge in [0.1, 0.15) is 11.5 Å². The summed E-state index contributed by atoms with van der Waals surface area (Å²) in [7, 11) is 1.72. The number of benzene rings is 1. The molecule has 0 bridgehead atoms. The lowest BCUT2D eigenvalue weighted by Crippen LogP contribution is -2.17. The van der Waals surface area contributed by atoms with Crippen LogP contribution in [0.4, 0.5) is 5.82 Å². The van der Waals surface area contributed by atoms with Crippen molar-refractivity contribution in [2.24, 2.45) is 7.05 Å². The summed E-state index contributed by atoms with van der Waals surface area (Å²) in [5.41, 5.74) is 8.92. The molecule has 0 radical (unpaired) electrons. The first-order chi connectivity index (χ1) is 10.1. The average Bonchev–Trinajstić information content (AvgIpc) is 2.79. The summed E-state index contributed by atoms with van der Waals surface area (Å²) in [4.78, 5) is 12.3. The van der Waals surface area contributed by atoms with E-state index >= 15 is 0 Å². The van der Waals surface area contributed by atoms with Crippen LogP contribution in [0.2, 0.25) is 0 Å². The van der Waals surface area contributed by atoms with Gasteiger partial charge in [-0.2, -0.15) is 5.10 Å². The molecule has 2 heterocycles. The summed E-state index contributed by atoms with van der Waals surface area (Å²) < 4.78 is 3.20. The summed E-state index contributed by atoms with van der Waals surface area (Å²) in [6.45, 7) is 1.88. The lowest BCUT2D eigenvalue weighted by molar-refractivity contribution is 0.855. The van der Waals surface area contributed by atoms with Gasteiger partial charge in [0.25, 0.3) is 5.56 Å². The van der Waals surface area contributed by atoms with Crippen LogP contribution in [0.1, 0.15) is 5.56 Å². The topological polar surface area (TPSA) is 65.8 Å². The largest absolute Gasteiger partial charge is 0.383 e. The number of para-hydroxylation sites is 1. The molecule has 0 amide bonds. The monoisotopic (exact) mass is 280 g/mol. The van der Waals surface area contributed by atoms with Gasteiger partial charge in [0.2, 0.25) is 0 Å². The highest BCUT2D eigenvalue weighted by Crippen LogP contribution is 2.26. The Morgan fingerprint density at radius 3 is 2.52 bits per heavy atom. The van der Waals surface area contributed by atoms with Gasteiger partial charge in [-0.1, -0.05) is 18.2 Å². The van der Waals surface area contributed by atoms with Gasteiger partial charge < -0.3 is 10.3 Å². The molecular weight excluding hydrogens is 264 g/mol. The molecule has 0 saturated heterocycles. The molecular formula is C16H16N4O. The Balaban J connectivity index is 2.23. The average molecular weight is 280 g/mol. The van der Waals surface area contributed by atoms with E-state index in [9.17, 15) is 4.79 Å². The number of hydrogen-bond donors (Lipinski definition) is 1. The lowest BCUT2D eigenvalue weighted by atomic mass is 10.1.